The Labute approximate surface area is 294 Å². The van der Waals surface area contributed by atoms with Gasteiger partial charge in [-0.15, -0.1) is 10.2 Å². The fourth-order valence-corrected chi connectivity index (χ4v) is 7.13. The molecule has 0 unspecified atom stereocenters. The minimum absolute atomic E-state index is 0.0460. The number of anilines is 2. The zero-order valence-corrected chi connectivity index (χ0v) is 29.0. The van der Waals surface area contributed by atoms with Gasteiger partial charge in [0.2, 0.25) is 10.0 Å². The van der Waals surface area contributed by atoms with Crippen LogP contribution >= 0.6 is 0 Å². The van der Waals surface area contributed by atoms with E-state index in [1.54, 1.807) is 31.2 Å². The molecule has 0 aliphatic rings. The first-order valence-electron chi connectivity index (χ1n) is 15.3. The van der Waals surface area contributed by atoms with Crippen LogP contribution in [0, 0.1) is 6.92 Å². The Kier molecular flexibility index (Phi) is 11.4. The number of para-hydroxylation sites is 1. The van der Waals surface area contributed by atoms with Gasteiger partial charge in [-0.3, -0.25) is 4.55 Å². The van der Waals surface area contributed by atoms with Crippen molar-refractivity contribution in [2.75, 3.05) is 38.7 Å². The van der Waals surface area contributed by atoms with Gasteiger partial charge in [0.25, 0.3) is 10.1 Å². The van der Waals surface area contributed by atoms with Gasteiger partial charge in [0, 0.05) is 35.9 Å². The van der Waals surface area contributed by atoms with Crippen LogP contribution in [-0.2, 0) is 20.1 Å². The summed E-state index contributed by atoms with van der Waals surface area (Å²) >= 11 is 0. The number of methoxy groups -OCH3 is 1. The van der Waals surface area contributed by atoms with Gasteiger partial charge in [0.15, 0.2) is 5.75 Å². The molecule has 5 aromatic carbocycles. The van der Waals surface area contributed by atoms with Crippen LogP contribution < -0.4 is 10.1 Å². The Hall–Kier alpha value is -5.30. The molecule has 0 spiro atoms. The third-order valence-corrected chi connectivity index (χ3v) is 10.4. The molecule has 0 saturated heterocycles. The molecule has 0 atom stereocenters. The van der Waals surface area contributed by atoms with Crippen molar-refractivity contribution >= 4 is 65.0 Å². The molecule has 0 saturated carbocycles. The number of aryl methyl sites for hydroxylation is 1. The summed E-state index contributed by atoms with van der Waals surface area (Å²) in [6.07, 6.45) is 0. The number of azo groups is 2. The van der Waals surface area contributed by atoms with E-state index in [1.807, 2.05) is 30.3 Å². The number of hydrogen-bond donors (Lipinski definition) is 5. The summed E-state index contributed by atoms with van der Waals surface area (Å²) in [4.78, 5) is -0.696. The van der Waals surface area contributed by atoms with Crippen molar-refractivity contribution < 1.29 is 41.4 Å². The molecule has 0 fully saturated rings. The molecule has 17 heteroatoms. The lowest BCUT2D eigenvalue weighted by Gasteiger charge is -2.20. The van der Waals surface area contributed by atoms with Crippen molar-refractivity contribution in [1.82, 2.24) is 4.31 Å². The van der Waals surface area contributed by atoms with E-state index in [2.05, 4.69) is 25.8 Å². The molecule has 5 rings (SSSR count). The molecule has 51 heavy (non-hydrogen) atoms. The second-order valence-corrected chi connectivity index (χ2v) is 14.4. The monoisotopic (exact) mass is 734 g/mol. The maximum atomic E-state index is 12.9. The average Bonchev–Trinajstić information content (AvgIpc) is 3.10. The molecule has 0 aromatic heterocycles. The maximum absolute atomic E-state index is 12.9. The molecule has 0 bridgehead atoms. The second kappa shape index (κ2) is 15.7. The SMILES string of the molecule is COc1cc(/N=N/c2ccc(S(=O)(=O)N(CCO)CCO)cc2)c(C)cc1/N=N/c1c(S(=O)(=O)O)cc2cc(Nc3ccccc3)ccc2c1O. The van der Waals surface area contributed by atoms with Crippen molar-refractivity contribution in [3.05, 3.63) is 96.6 Å². The van der Waals surface area contributed by atoms with Gasteiger partial charge in [-0.1, -0.05) is 18.2 Å². The van der Waals surface area contributed by atoms with Gasteiger partial charge in [0.05, 0.1) is 36.6 Å². The van der Waals surface area contributed by atoms with Crippen LogP contribution in [0.4, 0.5) is 34.1 Å². The molecule has 0 aliphatic heterocycles. The Balaban J connectivity index is 1.43. The normalized spacial score (nSPS) is 12.4. The molecule has 266 valence electrons. The maximum Gasteiger partial charge on any atom is 0.296 e. The second-order valence-electron chi connectivity index (χ2n) is 11.0. The van der Waals surface area contributed by atoms with E-state index in [0.717, 1.165) is 9.99 Å². The standard InChI is InChI=1S/C34H34N6O9S2/c1-22-18-30(31(49-2)21-29(22)37-36-25-8-11-27(12-9-25)50(44,45)40(14-16-41)15-17-42)38-39-33-32(51(46,47)48)20-23-19-26(10-13-28(23)34(33)43)35-24-6-4-3-5-7-24/h3-13,18-21,35,41-43H,14-17H2,1-2H3,(H,46,47,48)/b37-36+,39-38+. The number of phenols is 1. The lowest BCUT2D eigenvalue weighted by atomic mass is 10.1. The zero-order valence-electron chi connectivity index (χ0n) is 27.4. The quantitative estimate of drug-likeness (QED) is 0.0603. The highest BCUT2D eigenvalue weighted by Crippen LogP contribution is 2.43. The number of rotatable bonds is 14. The van der Waals surface area contributed by atoms with Gasteiger partial charge >= 0.3 is 0 Å². The summed E-state index contributed by atoms with van der Waals surface area (Å²) < 4.78 is 67.1. The summed E-state index contributed by atoms with van der Waals surface area (Å²) in [6.45, 7) is 0.569. The van der Waals surface area contributed by atoms with Gasteiger partial charge in [0.1, 0.15) is 22.0 Å². The Morgan fingerprint density at radius 3 is 2.06 bits per heavy atom. The number of aliphatic hydroxyl groups is 2. The summed E-state index contributed by atoms with van der Waals surface area (Å²) in [7, 11) is -7.44. The fraction of sp³-hybridized carbons (Fsp3) is 0.176. The number of aromatic hydroxyl groups is 1. The number of aliphatic hydroxyl groups excluding tert-OH is 2. The van der Waals surface area contributed by atoms with Gasteiger partial charge in [-0.2, -0.15) is 23.0 Å². The van der Waals surface area contributed by atoms with Crippen LogP contribution in [0.3, 0.4) is 0 Å². The first-order chi connectivity index (χ1) is 24.3. The summed E-state index contributed by atoms with van der Waals surface area (Å²) in [6, 6.07) is 24.0. The largest absolute Gasteiger partial charge is 0.505 e. The van der Waals surface area contributed by atoms with E-state index in [1.165, 1.54) is 43.5 Å². The Bertz CT molecular complexity index is 2310. The molecule has 0 heterocycles. The van der Waals surface area contributed by atoms with Crippen LogP contribution in [0.25, 0.3) is 10.8 Å². The summed E-state index contributed by atoms with van der Waals surface area (Å²) in [5.41, 5.74) is 2.35. The van der Waals surface area contributed by atoms with Crippen molar-refractivity contribution in [3.8, 4) is 11.5 Å². The molecule has 5 aromatic rings. The van der Waals surface area contributed by atoms with Crippen LogP contribution in [0.1, 0.15) is 5.56 Å². The summed E-state index contributed by atoms with van der Waals surface area (Å²) in [5, 5.41) is 49.9. The number of nitrogens with one attached hydrogen (secondary N) is 1. The highest BCUT2D eigenvalue weighted by atomic mass is 32.2. The molecular formula is C34H34N6O9S2. The van der Waals surface area contributed by atoms with Crippen molar-refractivity contribution in [3.63, 3.8) is 0 Å². The topological polar surface area (TPSA) is 223 Å². The first-order valence-corrected chi connectivity index (χ1v) is 18.2. The third-order valence-electron chi connectivity index (χ3n) is 7.59. The van der Waals surface area contributed by atoms with Crippen LogP contribution in [0.2, 0.25) is 0 Å². The van der Waals surface area contributed by atoms with Gasteiger partial charge in [-0.05, 0) is 84.6 Å². The third kappa shape index (κ3) is 8.54. The fourth-order valence-electron chi connectivity index (χ4n) is 5.05. The highest BCUT2D eigenvalue weighted by Gasteiger charge is 2.24. The molecule has 0 radical (unpaired) electrons. The first kappa shape index (κ1) is 37.0. The molecule has 5 N–H and O–H groups in total. The molecule has 0 aliphatic carbocycles. The van der Waals surface area contributed by atoms with E-state index in [-0.39, 0.29) is 34.8 Å². The van der Waals surface area contributed by atoms with Crippen LogP contribution in [-0.4, -0.2) is 74.4 Å². The van der Waals surface area contributed by atoms with Crippen LogP contribution in [0.5, 0.6) is 11.5 Å². The summed E-state index contributed by atoms with van der Waals surface area (Å²) in [5.74, 6) is -0.331. The van der Waals surface area contributed by atoms with Crippen LogP contribution in [0.15, 0.2) is 121 Å². The lowest BCUT2D eigenvalue weighted by Crippen LogP contribution is -2.35. The van der Waals surface area contributed by atoms with E-state index >= 15 is 0 Å². The molecule has 15 nitrogen and oxygen atoms in total. The predicted molar refractivity (Wildman–Crippen MR) is 191 cm³/mol. The van der Waals surface area contributed by atoms with Gasteiger partial charge in [-0.25, -0.2) is 8.42 Å². The predicted octanol–water partition coefficient (Wildman–Crippen LogP) is 6.66. The molecule has 0 amide bonds. The van der Waals surface area contributed by atoms with Gasteiger partial charge < -0.3 is 25.4 Å². The number of benzene rings is 5. The van der Waals surface area contributed by atoms with Crippen molar-refractivity contribution in [1.29, 1.82) is 0 Å². The lowest BCUT2D eigenvalue weighted by molar-refractivity contribution is 0.217. The Morgan fingerprint density at radius 1 is 0.765 bits per heavy atom. The van der Waals surface area contributed by atoms with Crippen molar-refractivity contribution in [2.45, 2.75) is 16.7 Å². The average molecular weight is 735 g/mol. The van der Waals surface area contributed by atoms with E-state index in [4.69, 9.17) is 4.74 Å². The van der Waals surface area contributed by atoms with E-state index < -0.39 is 49.7 Å². The smallest absolute Gasteiger partial charge is 0.296 e. The number of fused-ring (bicyclic) bond motifs is 1. The van der Waals surface area contributed by atoms with E-state index in [0.29, 0.717) is 28.0 Å². The zero-order chi connectivity index (χ0) is 36.8. The number of nitrogens with zero attached hydrogens (tertiary/aromatic N) is 5. The number of ether oxygens (including phenoxy) is 1. The molecular weight excluding hydrogens is 701 g/mol. The minimum atomic E-state index is -4.86. The number of sulfonamides is 1. The minimum Gasteiger partial charge on any atom is -0.505 e. The highest BCUT2D eigenvalue weighted by molar-refractivity contribution is 7.89. The Morgan fingerprint density at radius 2 is 1.43 bits per heavy atom. The number of phenolic OH excluding ortho intramolecular Hbond substituents is 1. The number of hydrogen-bond acceptors (Lipinski definition) is 13. The van der Waals surface area contributed by atoms with Crippen molar-refractivity contribution in [2.24, 2.45) is 20.5 Å². The van der Waals surface area contributed by atoms with E-state index in [9.17, 15) is 36.7 Å².